The maximum Gasteiger partial charge on any atom is 0.267 e. The third-order valence-electron chi connectivity index (χ3n) is 6.30. The molecular formula is C25H33N3O3. The van der Waals surface area contributed by atoms with Crippen molar-refractivity contribution in [3.05, 3.63) is 57.5 Å². The van der Waals surface area contributed by atoms with Gasteiger partial charge in [0.25, 0.3) is 11.5 Å². The van der Waals surface area contributed by atoms with E-state index in [1.54, 1.807) is 10.7 Å². The van der Waals surface area contributed by atoms with Gasteiger partial charge in [0.15, 0.2) is 6.61 Å². The molecule has 2 aliphatic rings. The van der Waals surface area contributed by atoms with Gasteiger partial charge >= 0.3 is 0 Å². The molecule has 0 atom stereocenters. The molecule has 1 aromatic heterocycles. The highest BCUT2D eigenvalue weighted by Gasteiger charge is 2.29. The fraction of sp³-hybridized carbons (Fsp3) is 0.560. The first-order valence-electron chi connectivity index (χ1n) is 11.3. The number of amides is 1. The molecule has 1 aliphatic heterocycles. The number of benzene rings is 1. The van der Waals surface area contributed by atoms with Crippen LogP contribution in [0.3, 0.4) is 0 Å². The van der Waals surface area contributed by atoms with E-state index in [1.165, 1.54) is 5.56 Å². The Kier molecular flexibility index (Phi) is 5.91. The molecule has 6 heteroatoms. The van der Waals surface area contributed by atoms with Crippen LogP contribution in [0.25, 0.3) is 0 Å². The minimum Gasteiger partial charge on any atom is -0.483 e. The first-order chi connectivity index (χ1) is 14.7. The number of carbonyl (C=O) groups is 1. The van der Waals surface area contributed by atoms with Crippen molar-refractivity contribution in [1.29, 1.82) is 0 Å². The Bertz CT molecular complexity index is 1010. The highest BCUT2D eigenvalue weighted by atomic mass is 16.5. The van der Waals surface area contributed by atoms with Crippen molar-refractivity contribution in [2.45, 2.75) is 70.8 Å². The van der Waals surface area contributed by atoms with E-state index in [9.17, 15) is 9.59 Å². The predicted molar refractivity (Wildman–Crippen MR) is 121 cm³/mol. The van der Waals surface area contributed by atoms with Crippen molar-refractivity contribution in [2.75, 3.05) is 19.7 Å². The largest absolute Gasteiger partial charge is 0.483 e. The van der Waals surface area contributed by atoms with Crippen molar-refractivity contribution in [2.24, 2.45) is 0 Å². The van der Waals surface area contributed by atoms with Gasteiger partial charge in [-0.15, -0.1) is 0 Å². The maximum atomic E-state index is 12.8. The van der Waals surface area contributed by atoms with Gasteiger partial charge in [0.2, 0.25) is 0 Å². The van der Waals surface area contributed by atoms with E-state index in [-0.39, 0.29) is 29.5 Å². The van der Waals surface area contributed by atoms with Gasteiger partial charge in [-0.1, -0.05) is 38.5 Å². The molecule has 1 saturated carbocycles. The predicted octanol–water partition coefficient (Wildman–Crippen LogP) is 3.97. The first kappa shape index (κ1) is 21.6. The second-order valence-corrected chi connectivity index (χ2v) is 9.97. The highest BCUT2D eigenvalue weighted by molar-refractivity contribution is 5.78. The summed E-state index contributed by atoms with van der Waals surface area (Å²) in [4.78, 5) is 26.9. The summed E-state index contributed by atoms with van der Waals surface area (Å²) in [5, 5.41) is 4.62. The number of hydrogen-bond donors (Lipinski definition) is 0. The van der Waals surface area contributed by atoms with Crippen molar-refractivity contribution in [3.8, 4) is 5.75 Å². The Morgan fingerprint density at radius 1 is 1.10 bits per heavy atom. The molecule has 6 nitrogen and oxygen atoms in total. The summed E-state index contributed by atoms with van der Waals surface area (Å²) >= 11 is 0. The van der Waals surface area contributed by atoms with Crippen molar-refractivity contribution in [3.63, 3.8) is 0 Å². The zero-order valence-electron chi connectivity index (χ0n) is 19.1. The van der Waals surface area contributed by atoms with Crippen LogP contribution >= 0.6 is 0 Å². The number of likely N-dealkylation sites (tertiary alicyclic amines) is 1. The first-order valence-corrected chi connectivity index (χ1v) is 11.3. The number of ether oxygens (including phenoxy) is 1. The lowest BCUT2D eigenvalue weighted by Crippen LogP contribution is -2.43. The van der Waals surface area contributed by atoms with Gasteiger partial charge in [-0.2, -0.15) is 5.10 Å². The van der Waals surface area contributed by atoms with Crippen molar-refractivity contribution < 1.29 is 9.53 Å². The van der Waals surface area contributed by atoms with Crippen molar-refractivity contribution >= 4 is 5.91 Å². The number of nitrogens with zero attached hydrogens (tertiary/aromatic N) is 3. The number of carbonyl (C=O) groups excluding carboxylic acids is 1. The van der Waals surface area contributed by atoms with Crippen LogP contribution in [0.4, 0.5) is 0 Å². The molecule has 4 rings (SSSR count). The molecule has 0 N–H and O–H groups in total. The normalized spacial score (nSPS) is 17.6. The molecule has 1 aromatic carbocycles. The second-order valence-electron chi connectivity index (χ2n) is 9.97. The molecule has 0 spiro atoms. The van der Waals surface area contributed by atoms with Gasteiger partial charge < -0.3 is 9.64 Å². The molecule has 2 heterocycles. The van der Waals surface area contributed by atoms with Crippen LogP contribution in [0, 0.1) is 6.92 Å². The Labute approximate surface area is 184 Å². The molecule has 0 bridgehead atoms. The number of piperidine rings is 1. The van der Waals surface area contributed by atoms with E-state index < -0.39 is 0 Å². The van der Waals surface area contributed by atoms with Gasteiger partial charge in [-0.25, -0.2) is 4.68 Å². The van der Waals surface area contributed by atoms with Crippen LogP contribution in [0.15, 0.2) is 35.1 Å². The second kappa shape index (κ2) is 8.48. The van der Waals surface area contributed by atoms with Crippen LogP contribution in [-0.2, 0) is 10.2 Å². The third kappa shape index (κ3) is 5.00. The summed E-state index contributed by atoms with van der Waals surface area (Å²) in [5.41, 5.74) is 3.21. The number of rotatable bonds is 5. The number of aryl methyl sites for hydroxylation is 1. The summed E-state index contributed by atoms with van der Waals surface area (Å²) in [6, 6.07) is 9.66. The zero-order valence-corrected chi connectivity index (χ0v) is 19.1. The third-order valence-corrected chi connectivity index (χ3v) is 6.30. The van der Waals surface area contributed by atoms with E-state index in [1.807, 2.05) is 23.1 Å². The summed E-state index contributed by atoms with van der Waals surface area (Å²) in [7, 11) is 0. The fourth-order valence-electron chi connectivity index (χ4n) is 4.24. The molecule has 166 valence electrons. The monoisotopic (exact) mass is 423 g/mol. The summed E-state index contributed by atoms with van der Waals surface area (Å²) in [6.45, 7) is 9.78. The van der Waals surface area contributed by atoms with E-state index in [0.29, 0.717) is 19.0 Å². The molecule has 2 fully saturated rings. The lowest BCUT2D eigenvalue weighted by molar-refractivity contribution is -0.134. The van der Waals surface area contributed by atoms with Crippen LogP contribution in [-0.4, -0.2) is 40.3 Å². The molecule has 2 aromatic rings. The average molecular weight is 424 g/mol. The molecule has 1 amide bonds. The summed E-state index contributed by atoms with van der Waals surface area (Å²) in [6.07, 6.45) is 3.81. The van der Waals surface area contributed by atoms with Gasteiger partial charge in [-0.3, -0.25) is 9.59 Å². The molecule has 1 saturated heterocycles. The van der Waals surface area contributed by atoms with Crippen LogP contribution < -0.4 is 10.3 Å². The molecule has 0 unspecified atom stereocenters. The van der Waals surface area contributed by atoms with Gasteiger partial charge in [-0.05, 0) is 55.7 Å². The average Bonchev–Trinajstić information content (AvgIpc) is 3.58. The minimum atomic E-state index is -0.0575. The zero-order chi connectivity index (χ0) is 22.2. The van der Waals surface area contributed by atoms with Gasteiger partial charge in [0.05, 0.1) is 11.7 Å². The maximum absolute atomic E-state index is 12.8. The summed E-state index contributed by atoms with van der Waals surface area (Å²) in [5.74, 6) is 1.28. The van der Waals surface area contributed by atoms with E-state index in [0.717, 1.165) is 42.7 Å². The Balaban J connectivity index is 1.35. The quantitative estimate of drug-likeness (QED) is 0.730. The topological polar surface area (TPSA) is 64.4 Å². The highest BCUT2D eigenvalue weighted by Crippen LogP contribution is 2.38. The minimum absolute atomic E-state index is 0.00841. The Hall–Kier alpha value is -2.63. The van der Waals surface area contributed by atoms with Crippen LogP contribution in [0.1, 0.15) is 75.2 Å². The van der Waals surface area contributed by atoms with E-state index >= 15 is 0 Å². The number of aromatic nitrogens is 2. The summed E-state index contributed by atoms with van der Waals surface area (Å²) < 4.78 is 7.60. The molecule has 0 radical (unpaired) electrons. The molecule has 1 aliphatic carbocycles. The Morgan fingerprint density at radius 3 is 2.45 bits per heavy atom. The Morgan fingerprint density at radius 2 is 1.81 bits per heavy atom. The smallest absolute Gasteiger partial charge is 0.267 e. The molecule has 31 heavy (non-hydrogen) atoms. The van der Waals surface area contributed by atoms with E-state index in [2.05, 4.69) is 38.9 Å². The van der Waals surface area contributed by atoms with Gasteiger partial charge in [0, 0.05) is 25.1 Å². The van der Waals surface area contributed by atoms with Crippen LogP contribution in [0.2, 0.25) is 0 Å². The van der Waals surface area contributed by atoms with Crippen LogP contribution in [0.5, 0.6) is 5.75 Å². The number of hydrogen-bond acceptors (Lipinski definition) is 4. The SMILES string of the molecule is Cc1ccc(OCC(=O)N2CCC(n3nc(C4CC4)ccc3=O)CC2)c(C(C)(C)C)c1. The lowest BCUT2D eigenvalue weighted by Gasteiger charge is -2.32. The standard InChI is InChI=1S/C25H33N3O3/c1-17-5-9-22(20(15-17)25(2,3)4)31-16-24(30)27-13-11-19(12-14-27)28-23(29)10-8-21(26-28)18-6-7-18/h5,8-10,15,18-19H,6-7,11-14,16H2,1-4H3. The van der Waals surface area contributed by atoms with Crippen molar-refractivity contribution in [1.82, 2.24) is 14.7 Å². The lowest BCUT2D eigenvalue weighted by atomic mass is 9.85. The fourth-order valence-corrected chi connectivity index (χ4v) is 4.24. The van der Waals surface area contributed by atoms with Gasteiger partial charge in [0.1, 0.15) is 5.75 Å². The van der Waals surface area contributed by atoms with E-state index in [4.69, 9.17) is 4.74 Å². The molecular weight excluding hydrogens is 390 g/mol.